The summed E-state index contributed by atoms with van der Waals surface area (Å²) in [6.07, 6.45) is -1.03. The van der Waals surface area contributed by atoms with Crippen molar-refractivity contribution in [1.82, 2.24) is 0 Å². The van der Waals surface area contributed by atoms with Gasteiger partial charge in [-0.2, -0.15) is 0 Å². The van der Waals surface area contributed by atoms with Crippen LogP contribution in [0.2, 0.25) is 0 Å². The van der Waals surface area contributed by atoms with Crippen LogP contribution >= 0.6 is 0 Å². The van der Waals surface area contributed by atoms with Crippen LogP contribution in [0, 0.1) is 6.92 Å². The smallest absolute Gasteiger partial charge is 0.122 e. The third-order valence-electron chi connectivity index (χ3n) is 2.73. The second-order valence-electron chi connectivity index (χ2n) is 5.05. The Morgan fingerprint density at radius 3 is 2.32 bits per heavy atom. The zero-order valence-corrected chi connectivity index (χ0v) is 12.1. The first-order chi connectivity index (χ1) is 8.90. The van der Waals surface area contributed by atoms with E-state index in [1.165, 1.54) is 0 Å². The Balaban J connectivity index is 2.49. The molecule has 2 atom stereocenters. The molecule has 0 aliphatic carbocycles. The molecule has 0 aromatic heterocycles. The average Bonchev–Trinajstić information content (AvgIpc) is 2.34. The summed E-state index contributed by atoms with van der Waals surface area (Å²) in [7, 11) is 0. The second-order valence-corrected chi connectivity index (χ2v) is 5.05. The van der Waals surface area contributed by atoms with Gasteiger partial charge in [-0.05, 0) is 51.0 Å². The lowest BCUT2D eigenvalue weighted by Crippen LogP contribution is -2.25. The Morgan fingerprint density at radius 2 is 1.79 bits per heavy atom. The van der Waals surface area contributed by atoms with Crippen molar-refractivity contribution in [1.29, 1.82) is 0 Å². The number of aryl methyl sites for hydroxylation is 1. The van der Waals surface area contributed by atoms with Gasteiger partial charge in [0.05, 0.1) is 18.8 Å². The van der Waals surface area contributed by atoms with Crippen LogP contribution < -0.4 is 4.74 Å². The SMILES string of the molecule is Cc1cc([C@@H](C)O)ccc1OCC(O)COC(C)C. The van der Waals surface area contributed by atoms with E-state index >= 15 is 0 Å². The van der Waals surface area contributed by atoms with Crippen molar-refractivity contribution in [2.45, 2.75) is 46.0 Å². The minimum absolute atomic E-state index is 0.0988. The van der Waals surface area contributed by atoms with Crippen molar-refractivity contribution < 1.29 is 19.7 Å². The molecular formula is C15H24O4. The summed E-state index contributed by atoms with van der Waals surface area (Å²) in [5.41, 5.74) is 1.80. The van der Waals surface area contributed by atoms with Crippen LogP contribution in [0.25, 0.3) is 0 Å². The molecule has 0 spiro atoms. The van der Waals surface area contributed by atoms with Crippen molar-refractivity contribution in [2.24, 2.45) is 0 Å². The maximum atomic E-state index is 9.70. The Kier molecular flexibility index (Phi) is 6.28. The summed E-state index contributed by atoms with van der Waals surface area (Å²) < 4.78 is 10.9. The van der Waals surface area contributed by atoms with E-state index in [4.69, 9.17) is 9.47 Å². The zero-order chi connectivity index (χ0) is 14.4. The summed E-state index contributed by atoms with van der Waals surface area (Å²) >= 11 is 0. The lowest BCUT2D eigenvalue weighted by Gasteiger charge is -2.16. The monoisotopic (exact) mass is 268 g/mol. The summed E-state index contributed by atoms with van der Waals surface area (Å²) in [6.45, 7) is 7.95. The largest absolute Gasteiger partial charge is 0.491 e. The number of aliphatic hydroxyl groups is 2. The Morgan fingerprint density at radius 1 is 1.11 bits per heavy atom. The molecule has 108 valence electrons. The predicted molar refractivity (Wildman–Crippen MR) is 74.4 cm³/mol. The van der Waals surface area contributed by atoms with Gasteiger partial charge in [-0.3, -0.25) is 0 Å². The van der Waals surface area contributed by atoms with Gasteiger partial charge in [-0.25, -0.2) is 0 Å². The average molecular weight is 268 g/mol. The highest BCUT2D eigenvalue weighted by Gasteiger charge is 2.09. The Labute approximate surface area is 115 Å². The van der Waals surface area contributed by atoms with E-state index in [-0.39, 0.29) is 19.3 Å². The highest BCUT2D eigenvalue weighted by atomic mass is 16.5. The molecule has 0 amide bonds. The molecule has 0 radical (unpaired) electrons. The summed E-state index contributed by atoms with van der Waals surface area (Å²) in [6, 6.07) is 5.52. The van der Waals surface area contributed by atoms with Gasteiger partial charge in [-0.15, -0.1) is 0 Å². The Bertz CT molecular complexity index is 388. The van der Waals surface area contributed by atoms with E-state index in [1.54, 1.807) is 6.92 Å². The lowest BCUT2D eigenvalue weighted by atomic mass is 10.1. The number of aliphatic hydroxyl groups excluding tert-OH is 2. The minimum atomic E-state index is -0.641. The quantitative estimate of drug-likeness (QED) is 0.796. The molecular weight excluding hydrogens is 244 g/mol. The van der Waals surface area contributed by atoms with Crippen LogP contribution in [0.5, 0.6) is 5.75 Å². The molecule has 0 aliphatic heterocycles. The number of benzene rings is 1. The summed E-state index contributed by atoms with van der Waals surface area (Å²) in [5, 5.41) is 19.2. The third-order valence-corrected chi connectivity index (χ3v) is 2.73. The molecule has 4 nitrogen and oxygen atoms in total. The molecule has 0 aliphatic rings. The first-order valence-electron chi connectivity index (χ1n) is 6.61. The van der Waals surface area contributed by atoms with Gasteiger partial charge in [0.2, 0.25) is 0 Å². The number of rotatable bonds is 7. The van der Waals surface area contributed by atoms with E-state index in [0.29, 0.717) is 5.75 Å². The van der Waals surface area contributed by atoms with Crippen molar-refractivity contribution >= 4 is 0 Å². The maximum absolute atomic E-state index is 9.70. The molecule has 1 aromatic rings. The molecule has 0 saturated heterocycles. The lowest BCUT2D eigenvalue weighted by molar-refractivity contribution is -0.0123. The maximum Gasteiger partial charge on any atom is 0.122 e. The van der Waals surface area contributed by atoms with Crippen molar-refractivity contribution in [3.8, 4) is 5.75 Å². The van der Waals surface area contributed by atoms with E-state index in [9.17, 15) is 10.2 Å². The number of hydrogen-bond acceptors (Lipinski definition) is 4. The van der Waals surface area contributed by atoms with Crippen LogP contribution in [0.4, 0.5) is 0 Å². The molecule has 1 rings (SSSR count). The fourth-order valence-electron chi connectivity index (χ4n) is 1.63. The molecule has 0 fully saturated rings. The highest BCUT2D eigenvalue weighted by Crippen LogP contribution is 2.22. The van der Waals surface area contributed by atoms with Crippen LogP contribution in [-0.4, -0.2) is 35.6 Å². The highest BCUT2D eigenvalue weighted by molar-refractivity contribution is 5.36. The van der Waals surface area contributed by atoms with Crippen LogP contribution in [0.1, 0.15) is 38.0 Å². The van der Waals surface area contributed by atoms with E-state index < -0.39 is 12.2 Å². The van der Waals surface area contributed by atoms with Gasteiger partial charge >= 0.3 is 0 Å². The van der Waals surface area contributed by atoms with Gasteiger partial charge in [0.15, 0.2) is 0 Å². The fraction of sp³-hybridized carbons (Fsp3) is 0.600. The van der Waals surface area contributed by atoms with Gasteiger partial charge < -0.3 is 19.7 Å². The van der Waals surface area contributed by atoms with Crippen LogP contribution in [0.3, 0.4) is 0 Å². The molecule has 2 N–H and O–H groups in total. The molecule has 1 aromatic carbocycles. The molecule has 0 bridgehead atoms. The van der Waals surface area contributed by atoms with Gasteiger partial charge in [0, 0.05) is 0 Å². The van der Waals surface area contributed by atoms with Crippen molar-refractivity contribution in [3.05, 3.63) is 29.3 Å². The third kappa shape index (κ3) is 5.59. The standard InChI is InChI=1S/C15H24O4/c1-10(2)18-8-14(17)9-19-15-6-5-13(12(4)16)7-11(15)3/h5-7,10,12,14,16-17H,8-9H2,1-4H3/t12-,14?/m1/s1. The molecule has 4 heteroatoms. The fourth-order valence-corrected chi connectivity index (χ4v) is 1.63. The summed E-state index contributed by atoms with van der Waals surface area (Å²) in [5.74, 6) is 0.716. The van der Waals surface area contributed by atoms with Gasteiger partial charge in [0.25, 0.3) is 0 Å². The van der Waals surface area contributed by atoms with E-state index in [2.05, 4.69) is 0 Å². The number of ether oxygens (including phenoxy) is 2. The van der Waals surface area contributed by atoms with Gasteiger partial charge in [0.1, 0.15) is 18.5 Å². The van der Waals surface area contributed by atoms with Crippen LogP contribution in [0.15, 0.2) is 18.2 Å². The molecule has 1 unspecified atom stereocenters. The van der Waals surface area contributed by atoms with E-state index in [0.717, 1.165) is 11.1 Å². The molecule has 19 heavy (non-hydrogen) atoms. The normalized spacial score (nSPS) is 14.5. The second kappa shape index (κ2) is 7.48. The zero-order valence-electron chi connectivity index (χ0n) is 12.1. The molecule has 0 heterocycles. The topological polar surface area (TPSA) is 58.9 Å². The Hall–Kier alpha value is -1.10. The van der Waals surface area contributed by atoms with E-state index in [1.807, 2.05) is 39.0 Å². The molecule has 0 saturated carbocycles. The van der Waals surface area contributed by atoms with Crippen LogP contribution in [-0.2, 0) is 4.74 Å². The first kappa shape index (κ1) is 16.0. The number of hydrogen-bond donors (Lipinski definition) is 2. The summed E-state index contributed by atoms with van der Waals surface area (Å²) in [4.78, 5) is 0. The minimum Gasteiger partial charge on any atom is -0.491 e. The van der Waals surface area contributed by atoms with Gasteiger partial charge in [-0.1, -0.05) is 6.07 Å². The van der Waals surface area contributed by atoms with Crippen molar-refractivity contribution in [2.75, 3.05) is 13.2 Å². The first-order valence-corrected chi connectivity index (χ1v) is 6.61. The predicted octanol–water partition coefficient (Wildman–Crippen LogP) is 2.21. The van der Waals surface area contributed by atoms with Crippen molar-refractivity contribution in [3.63, 3.8) is 0 Å².